The van der Waals surface area contributed by atoms with Gasteiger partial charge >= 0.3 is 11.9 Å². The van der Waals surface area contributed by atoms with Gasteiger partial charge in [-0.2, -0.15) is 0 Å². The highest BCUT2D eigenvalue weighted by atomic mass is 32.1. The third-order valence-electron chi connectivity index (χ3n) is 4.66. The number of ether oxygens (including phenoxy) is 3. The van der Waals surface area contributed by atoms with E-state index in [1.807, 2.05) is 0 Å². The Morgan fingerprint density at radius 1 is 1.16 bits per heavy atom. The van der Waals surface area contributed by atoms with Crippen molar-refractivity contribution in [3.8, 4) is 5.75 Å². The van der Waals surface area contributed by atoms with Crippen molar-refractivity contribution in [3.63, 3.8) is 0 Å². The number of para-hydroxylation sites is 2. The summed E-state index contributed by atoms with van der Waals surface area (Å²) in [5.41, 5.74) is 0.765. The minimum Gasteiger partial charge on any atom is -0.478 e. The van der Waals surface area contributed by atoms with Crippen LogP contribution in [-0.4, -0.2) is 30.6 Å². The van der Waals surface area contributed by atoms with Crippen LogP contribution in [0.2, 0.25) is 0 Å². The molecule has 7 nitrogen and oxygen atoms in total. The van der Waals surface area contributed by atoms with Crippen LogP contribution in [-0.2, 0) is 25.7 Å². The van der Waals surface area contributed by atoms with Gasteiger partial charge in [-0.15, -0.1) is 11.3 Å². The lowest BCUT2D eigenvalue weighted by Crippen LogP contribution is -2.38. The highest BCUT2D eigenvalue weighted by Gasteiger charge is 2.30. The Kier molecular flexibility index (Phi) is 5.85. The Morgan fingerprint density at radius 2 is 1.97 bits per heavy atom. The molecule has 4 rings (SSSR count). The van der Waals surface area contributed by atoms with E-state index in [2.05, 4.69) is 5.32 Å². The molecule has 2 heterocycles. The molecule has 1 aliphatic heterocycles. The van der Waals surface area contributed by atoms with E-state index < -0.39 is 29.8 Å². The molecule has 0 radical (unpaired) electrons. The molecule has 0 aliphatic carbocycles. The molecule has 1 unspecified atom stereocenters. The lowest BCUT2D eigenvalue weighted by atomic mass is 10.1. The maximum absolute atomic E-state index is 14.4. The molecule has 1 amide bonds. The Labute approximate surface area is 180 Å². The Morgan fingerprint density at radius 3 is 2.77 bits per heavy atom. The number of amides is 1. The maximum atomic E-state index is 14.4. The lowest BCUT2D eigenvalue weighted by Gasteiger charge is -2.25. The lowest BCUT2D eigenvalue weighted by molar-refractivity contribution is -0.149. The number of thiophene rings is 1. The summed E-state index contributed by atoms with van der Waals surface area (Å²) in [4.78, 5) is 37.1. The predicted molar refractivity (Wildman–Crippen MR) is 112 cm³/mol. The average Bonchev–Trinajstić information content (AvgIpc) is 3.13. The summed E-state index contributed by atoms with van der Waals surface area (Å²) in [6, 6.07) is 11.4. The van der Waals surface area contributed by atoms with Gasteiger partial charge in [-0.1, -0.05) is 18.2 Å². The van der Waals surface area contributed by atoms with Crippen LogP contribution in [0.1, 0.15) is 28.6 Å². The largest absolute Gasteiger partial charge is 0.478 e. The van der Waals surface area contributed by atoms with Crippen molar-refractivity contribution in [1.29, 1.82) is 0 Å². The molecule has 0 spiro atoms. The van der Waals surface area contributed by atoms with Crippen molar-refractivity contribution in [2.75, 3.05) is 11.9 Å². The summed E-state index contributed by atoms with van der Waals surface area (Å²) in [6.07, 6.45) is -1.39. The van der Waals surface area contributed by atoms with E-state index >= 15 is 0 Å². The van der Waals surface area contributed by atoms with Gasteiger partial charge in [0.25, 0.3) is 5.91 Å². The van der Waals surface area contributed by atoms with E-state index in [1.165, 1.54) is 12.1 Å². The normalized spacial score (nSPS) is 15.0. The summed E-state index contributed by atoms with van der Waals surface area (Å²) in [6.45, 7) is 1.49. The van der Waals surface area contributed by atoms with Crippen molar-refractivity contribution in [2.45, 2.75) is 26.1 Å². The van der Waals surface area contributed by atoms with Gasteiger partial charge in [-0.25, -0.2) is 9.18 Å². The van der Waals surface area contributed by atoms with Crippen LogP contribution >= 0.6 is 11.3 Å². The molecule has 1 N–H and O–H groups in total. The number of carbonyl (C=O) groups excluding carboxylic acids is 3. The number of benzene rings is 2. The first kappa shape index (κ1) is 20.8. The van der Waals surface area contributed by atoms with Gasteiger partial charge in [0.15, 0.2) is 6.10 Å². The number of anilines is 1. The molecule has 2 aromatic carbocycles. The van der Waals surface area contributed by atoms with E-state index in [1.54, 1.807) is 37.3 Å². The molecule has 0 fully saturated rings. The Bertz CT molecular complexity index is 1170. The first-order chi connectivity index (χ1) is 15.0. The van der Waals surface area contributed by atoms with E-state index in [0.29, 0.717) is 16.1 Å². The third-order valence-corrected chi connectivity index (χ3v) is 5.84. The third kappa shape index (κ3) is 4.22. The van der Waals surface area contributed by atoms with E-state index in [-0.39, 0.29) is 35.5 Å². The first-order valence-electron chi connectivity index (χ1n) is 9.57. The fourth-order valence-corrected chi connectivity index (χ4v) is 4.37. The molecule has 1 aromatic heterocycles. The second-order valence-corrected chi connectivity index (χ2v) is 7.75. The van der Waals surface area contributed by atoms with E-state index in [4.69, 9.17) is 14.2 Å². The second kappa shape index (κ2) is 8.73. The molecule has 0 saturated heterocycles. The zero-order chi connectivity index (χ0) is 22.0. The van der Waals surface area contributed by atoms with E-state index in [0.717, 1.165) is 11.3 Å². The highest BCUT2D eigenvalue weighted by Crippen LogP contribution is 2.35. The van der Waals surface area contributed by atoms with Gasteiger partial charge in [0.1, 0.15) is 23.1 Å². The summed E-state index contributed by atoms with van der Waals surface area (Å²) in [7, 11) is 0. The maximum Gasteiger partial charge on any atom is 0.348 e. The van der Waals surface area contributed by atoms with Crippen molar-refractivity contribution < 1.29 is 33.0 Å². The molecule has 0 bridgehead atoms. The molecular weight excluding hydrogens is 425 g/mol. The van der Waals surface area contributed by atoms with Crippen LogP contribution in [0, 0.1) is 5.82 Å². The standard InChI is InChI=1S/C22H18FNO6S/c1-2-28-22(27)20-12(19-13(23)6-5-9-17(19)31-20)11-29-18(25)10-16-21(26)24-14-7-3-4-8-15(14)30-16/h3-9,16H,2,10-11H2,1H3,(H,24,26). The molecule has 9 heteroatoms. The molecule has 0 saturated carbocycles. The smallest absolute Gasteiger partial charge is 0.348 e. The quantitative estimate of drug-likeness (QED) is 0.578. The number of hydrogen-bond acceptors (Lipinski definition) is 7. The zero-order valence-electron chi connectivity index (χ0n) is 16.5. The van der Waals surface area contributed by atoms with Gasteiger partial charge in [0.05, 0.1) is 18.7 Å². The topological polar surface area (TPSA) is 90.9 Å². The number of fused-ring (bicyclic) bond motifs is 2. The summed E-state index contributed by atoms with van der Waals surface area (Å²) >= 11 is 1.07. The Hall–Kier alpha value is -3.46. The number of halogens is 1. The van der Waals surface area contributed by atoms with Crippen molar-refractivity contribution in [2.24, 2.45) is 0 Å². The monoisotopic (exact) mass is 443 g/mol. The van der Waals surface area contributed by atoms with Gasteiger partial charge in [0.2, 0.25) is 0 Å². The van der Waals surface area contributed by atoms with E-state index in [9.17, 15) is 18.8 Å². The summed E-state index contributed by atoms with van der Waals surface area (Å²) < 4.78 is 30.9. The highest BCUT2D eigenvalue weighted by molar-refractivity contribution is 7.21. The van der Waals surface area contributed by atoms with Crippen molar-refractivity contribution >= 4 is 45.0 Å². The average molecular weight is 443 g/mol. The fraction of sp³-hybridized carbons (Fsp3) is 0.227. The van der Waals surface area contributed by atoms with Crippen molar-refractivity contribution in [3.05, 3.63) is 58.7 Å². The van der Waals surface area contributed by atoms with Crippen LogP contribution in [0.3, 0.4) is 0 Å². The van der Waals surface area contributed by atoms with Gasteiger partial charge < -0.3 is 19.5 Å². The zero-order valence-corrected chi connectivity index (χ0v) is 17.3. The number of hydrogen-bond donors (Lipinski definition) is 1. The second-order valence-electron chi connectivity index (χ2n) is 6.70. The van der Waals surface area contributed by atoms with Gasteiger partial charge in [-0.3, -0.25) is 9.59 Å². The van der Waals surface area contributed by atoms with Crippen LogP contribution in [0.25, 0.3) is 10.1 Å². The predicted octanol–water partition coefficient (Wildman–Crippen LogP) is 4.05. The number of rotatable bonds is 6. The number of nitrogens with one attached hydrogen (secondary N) is 1. The molecule has 31 heavy (non-hydrogen) atoms. The molecule has 3 aromatic rings. The van der Waals surface area contributed by atoms with Crippen LogP contribution < -0.4 is 10.1 Å². The number of carbonyl (C=O) groups is 3. The first-order valence-corrected chi connectivity index (χ1v) is 10.4. The SMILES string of the molecule is CCOC(=O)c1sc2cccc(F)c2c1COC(=O)CC1Oc2ccccc2NC1=O. The minimum absolute atomic E-state index is 0.157. The van der Waals surface area contributed by atoms with Crippen molar-refractivity contribution in [1.82, 2.24) is 0 Å². The van der Waals surface area contributed by atoms with Gasteiger partial charge in [-0.05, 0) is 31.2 Å². The van der Waals surface area contributed by atoms with Crippen LogP contribution in [0.5, 0.6) is 5.75 Å². The fourth-order valence-electron chi connectivity index (χ4n) is 3.26. The minimum atomic E-state index is -1.05. The molecule has 1 aliphatic rings. The number of esters is 2. The van der Waals surface area contributed by atoms with Crippen LogP contribution in [0.4, 0.5) is 10.1 Å². The van der Waals surface area contributed by atoms with Crippen LogP contribution in [0.15, 0.2) is 42.5 Å². The molecular formula is C22H18FNO6S. The Balaban J connectivity index is 1.50. The molecule has 1 atom stereocenters. The summed E-state index contributed by atoms with van der Waals surface area (Å²) in [5.74, 6) is -1.86. The summed E-state index contributed by atoms with van der Waals surface area (Å²) in [5, 5.41) is 2.89. The van der Waals surface area contributed by atoms with Gasteiger partial charge in [0, 0.05) is 15.6 Å². The molecule has 160 valence electrons.